The number of piperidine rings is 1. The van der Waals surface area contributed by atoms with Gasteiger partial charge in [-0.15, -0.1) is 0 Å². The fourth-order valence-electron chi connectivity index (χ4n) is 3.94. The van der Waals surface area contributed by atoms with Gasteiger partial charge in [0.2, 0.25) is 5.91 Å². The number of carbonyl (C=O) groups excluding carboxylic acids is 1. The standard InChI is InChI=1S/C21H33N3O2/c1-17-2-5-19(6-3-17)20(24-12-14-26-15-13-24)16-23-21(25)7-4-18-8-10-22-11-9-18/h2-3,5-6,18,20,22H,4,7-16H2,1H3,(H,23,25). The van der Waals surface area contributed by atoms with Crippen molar-refractivity contribution in [2.75, 3.05) is 45.9 Å². The molecule has 0 bridgehead atoms. The van der Waals surface area contributed by atoms with E-state index in [1.165, 1.54) is 24.0 Å². The average Bonchev–Trinajstić information content (AvgIpc) is 2.69. The molecule has 0 aliphatic carbocycles. The van der Waals surface area contributed by atoms with Crippen LogP contribution in [0.1, 0.15) is 42.9 Å². The zero-order valence-corrected chi connectivity index (χ0v) is 16.0. The first kappa shape index (κ1) is 19.3. The van der Waals surface area contributed by atoms with Crippen LogP contribution in [0.4, 0.5) is 0 Å². The molecule has 0 radical (unpaired) electrons. The van der Waals surface area contributed by atoms with E-state index in [1.54, 1.807) is 0 Å². The molecule has 0 aromatic heterocycles. The number of benzene rings is 1. The van der Waals surface area contributed by atoms with Gasteiger partial charge in [-0.3, -0.25) is 9.69 Å². The lowest BCUT2D eigenvalue weighted by molar-refractivity contribution is -0.121. The molecule has 2 aliphatic heterocycles. The number of carbonyl (C=O) groups is 1. The topological polar surface area (TPSA) is 53.6 Å². The zero-order chi connectivity index (χ0) is 18.2. The molecule has 26 heavy (non-hydrogen) atoms. The Morgan fingerprint density at radius 3 is 2.62 bits per heavy atom. The van der Waals surface area contributed by atoms with Crippen LogP contribution in [-0.2, 0) is 9.53 Å². The summed E-state index contributed by atoms with van der Waals surface area (Å²) >= 11 is 0. The van der Waals surface area contributed by atoms with Crippen molar-refractivity contribution in [2.24, 2.45) is 5.92 Å². The van der Waals surface area contributed by atoms with E-state index in [-0.39, 0.29) is 11.9 Å². The highest BCUT2D eigenvalue weighted by atomic mass is 16.5. The van der Waals surface area contributed by atoms with Gasteiger partial charge in [0.15, 0.2) is 0 Å². The second-order valence-electron chi connectivity index (χ2n) is 7.61. The van der Waals surface area contributed by atoms with Crippen molar-refractivity contribution in [2.45, 2.75) is 38.6 Å². The third kappa shape index (κ3) is 5.79. The fraction of sp³-hybridized carbons (Fsp3) is 0.667. The van der Waals surface area contributed by atoms with Gasteiger partial charge in [-0.25, -0.2) is 0 Å². The number of hydrogen-bond acceptors (Lipinski definition) is 4. The van der Waals surface area contributed by atoms with Crippen LogP contribution in [0.5, 0.6) is 0 Å². The number of amides is 1. The van der Waals surface area contributed by atoms with Crippen molar-refractivity contribution >= 4 is 5.91 Å². The first-order valence-electron chi connectivity index (χ1n) is 10.1. The van der Waals surface area contributed by atoms with Gasteiger partial charge >= 0.3 is 0 Å². The minimum absolute atomic E-state index is 0.189. The number of aryl methyl sites for hydroxylation is 1. The van der Waals surface area contributed by atoms with Crippen LogP contribution >= 0.6 is 0 Å². The van der Waals surface area contributed by atoms with Gasteiger partial charge in [-0.05, 0) is 50.8 Å². The van der Waals surface area contributed by atoms with Gasteiger partial charge in [0.25, 0.3) is 0 Å². The highest BCUT2D eigenvalue weighted by Gasteiger charge is 2.23. The summed E-state index contributed by atoms with van der Waals surface area (Å²) in [5, 5.41) is 6.58. The molecular weight excluding hydrogens is 326 g/mol. The quantitative estimate of drug-likeness (QED) is 0.784. The van der Waals surface area contributed by atoms with E-state index >= 15 is 0 Å². The highest BCUT2D eigenvalue weighted by molar-refractivity contribution is 5.75. The summed E-state index contributed by atoms with van der Waals surface area (Å²) in [6.45, 7) is 8.35. The molecule has 2 fully saturated rings. The van der Waals surface area contributed by atoms with Crippen LogP contribution in [0.3, 0.4) is 0 Å². The second-order valence-corrected chi connectivity index (χ2v) is 7.61. The monoisotopic (exact) mass is 359 g/mol. The second kappa shape index (κ2) is 10.0. The molecule has 5 heteroatoms. The number of ether oxygens (including phenoxy) is 1. The predicted molar refractivity (Wildman–Crippen MR) is 104 cm³/mol. The lowest BCUT2D eigenvalue weighted by atomic mass is 9.93. The first-order valence-corrected chi connectivity index (χ1v) is 10.1. The van der Waals surface area contributed by atoms with Crippen molar-refractivity contribution in [1.29, 1.82) is 0 Å². The Bertz CT molecular complexity index is 549. The summed E-state index contributed by atoms with van der Waals surface area (Å²) < 4.78 is 5.50. The number of nitrogens with one attached hydrogen (secondary N) is 2. The van der Waals surface area contributed by atoms with Gasteiger partial charge < -0.3 is 15.4 Å². The van der Waals surface area contributed by atoms with Crippen molar-refractivity contribution < 1.29 is 9.53 Å². The summed E-state index contributed by atoms with van der Waals surface area (Å²) in [6.07, 6.45) is 4.06. The summed E-state index contributed by atoms with van der Waals surface area (Å²) in [7, 11) is 0. The molecule has 1 amide bonds. The molecular formula is C21H33N3O2. The van der Waals surface area contributed by atoms with Crippen molar-refractivity contribution in [3.05, 3.63) is 35.4 Å². The normalized spacial score (nSPS) is 20.7. The van der Waals surface area contributed by atoms with E-state index in [2.05, 4.69) is 46.7 Å². The molecule has 1 aromatic carbocycles. The molecule has 3 rings (SSSR count). The third-order valence-electron chi connectivity index (χ3n) is 5.68. The Labute approximate surface area is 157 Å². The molecule has 144 valence electrons. The Kier molecular flexibility index (Phi) is 7.47. The van der Waals surface area contributed by atoms with Crippen LogP contribution < -0.4 is 10.6 Å². The molecule has 2 saturated heterocycles. The maximum atomic E-state index is 12.4. The molecule has 1 aromatic rings. The summed E-state index contributed by atoms with van der Waals surface area (Å²) in [5.41, 5.74) is 2.54. The van der Waals surface area contributed by atoms with Crippen LogP contribution in [0.2, 0.25) is 0 Å². The Hall–Kier alpha value is -1.43. The van der Waals surface area contributed by atoms with Crippen molar-refractivity contribution in [3.63, 3.8) is 0 Å². The highest BCUT2D eigenvalue weighted by Crippen LogP contribution is 2.22. The van der Waals surface area contributed by atoms with E-state index in [4.69, 9.17) is 4.74 Å². The number of nitrogens with zero attached hydrogens (tertiary/aromatic N) is 1. The van der Waals surface area contributed by atoms with Crippen LogP contribution in [0, 0.1) is 12.8 Å². The van der Waals surface area contributed by atoms with E-state index in [9.17, 15) is 4.79 Å². The molecule has 2 N–H and O–H groups in total. The summed E-state index contributed by atoms with van der Waals surface area (Å²) in [4.78, 5) is 14.8. The maximum Gasteiger partial charge on any atom is 0.220 e. The molecule has 0 saturated carbocycles. The molecule has 1 unspecified atom stereocenters. The van der Waals surface area contributed by atoms with Gasteiger partial charge in [-0.2, -0.15) is 0 Å². The van der Waals surface area contributed by atoms with Gasteiger partial charge in [-0.1, -0.05) is 29.8 Å². The van der Waals surface area contributed by atoms with Crippen LogP contribution in [0.25, 0.3) is 0 Å². The largest absolute Gasteiger partial charge is 0.379 e. The Morgan fingerprint density at radius 1 is 1.23 bits per heavy atom. The molecule has 1 atom stereocenters. The Balaban J connectivity index is 1.52. The van der Waals surface area contributed by atoms with E-state index in [0.717, 1.165) is 45.8 Å². The SMILES string of the molecule is Cc1ccc(C(CNC(=O)CCC2CCNCC2)N2CCOCC2)cc1. The molecule has 5 nitrogen and oxygen atoms in total. The lowest BCUT2D eigenvalue weighted by Gasteiger charge is -2.35. The lowest BCUT2D eigenvalue weighted by Crippen LogP contribution is -2.43. The molecule has 2 aliphatic rings. The maximum absolute atomic E-state index is 12.4. The smallest absolute Gasteiger partial charge is 0.220 e. The summed E-state index contributed by atoms with van der Waals surface area (Å²) in [5.74, 6) is 0.892. The van der Waals surface area contributed by atoms with E-state index in [0.29, 0.717) is 18.9 Å². The number of hydrogen-bond donors (Lipinski definition) is 2. The predicted octanol–water partition coefficient (Wildman–Crippen LogP) is 2.26. The zero-order valence-electron chi connectivity index (χ0n) is 16.0. The van der Waals surface area contributed by atoms with Crippen LogP contribution in [-0.4, -0.2) is 56.7 Å². The van der Waals surface area contributed by atoms with Crippen molar-refractivity contribution in [3.8, 4) is 0 Å². The van der Waals surface area contributed by atoms with Gasteiger partial charge in [0, 0.05) is 26.1 Å². The van der Waals surface area contributed by atoms with Crippen molar-refractivity contribution in [1.82, 2.24) is 15.5 Å². The first-order chi connectivity index (χ1) is 12.7. The Morgan fingerprint density at radius 2 is 1.92 bits per heavy atom. The fourth-order valence-corrected chi connectivity index (χ4v) is 3.94. The molecule has 0 spiro atoms. The van der Waals surface area contributed by atoms with Gasteiger partial charge in [0.05, 0.1) is 19.3 Å². The van der Waals surface area contributed by atoms with E-state index < -0.39 is 0 Å². The van der Waals surface area contributed by atoms with E-state index in [1.807, 2.05) is 0 Å². The van der Waals surface area contributed by atoms with Gasteiger partial charge in [0.1, 0.15) is 0 Å². The summed E-state index contributed by atoms with van der Waals surface area (Å²) in [6, 6.07) is 8.92. The van der Waals surface area contributed by atoms with Crippen LogP contribution in [0.15, 0.2) is 24.3 Å². The number of morpholine rings is 1. The minimum Gasteiger partial charge on any atom is -0.379 e. The number of rotatable bonds is 7. The molecule has 2 heterocycles. The third-order valence-corrected chi connectivity index (χ3v) is 5.68. The minimum atomic E-state index is 0.189. The average molecular weight is 360 g/mol.